The first kappa shape index (κ1) is 22.7. The molecule has 0 atom stereocenters. The molecule has 0 bridgehead atoms. The van der Waals surface area contributed by atoms with E-state index in [9.17, 15) is 20.2 Å². The molecule has 0 fully saturated rings. The van der Waals surface area contributed by atoms with Gasteiger partial charge >= 0.3 is 5.91 Å². The van der Waals surface area contributed by atoms with E-state index < -0.39 is 17.4 Å². The van der Waals surface area contributed by atoms with E-state index in [1.807, 2.05) is 42.5 Å². The van der Waals surface area contributed by atoms with Crippen molar-refractivity contribution in [3.8, 4) is 11.8 Å². The van der Waals surface area contributed by atoms with E-state index in [0.29, 0.717) is 30.2 Å². The highest BCUT2D eigenvalue weighted by Crippen LogP contribution is 2.33. The second-order valence-corrected chi connectivity index (χ2v) is 7.65. The molecule has 11 heteroatoms. The highest BCUT2D eigenvalue weighted by Gasteiger charge is 2.19. The third kappa shape index (κ3) is 5.28. The lowest BCUT2D eigenvalue weighted by molar-refractivity contribution is -0.403. The molecule has 3 aromatic rings. The van der Waals surface area contributed by atoms with Crippen molar-refractivity contribution in [3.63, 3.8) is 0 Å². The molecule has 2 aromatic heterocycles. The molecule has 10 nitrogen and oxygen atoms in total. The SMILES string of the molecule is N#Cc1c(Cl)cc(Nc2ccn(CC(=O)[N+](=O)[O-])n2)nc1C1=CC=C(Oc2ccccc2)CC1. The molecular weight excluding hydrogens is 460 g/mol. The number of amides is 1. The number of halogens is 1. The summed E-state index contributed by atoms with van der Waals surface area (Å²) in [6.07, 6.45) is 6.34. The zero-order chi connectivity index (χ0) is 24.1. The molecule has 0 aliphatic heterocycles. The van der Waals surface area contributed by atoms with Crippen LogP contribution in [-0.4, -0.2) is 25.6 Å². The van der Waals surface area contributed by atoms with Crippen molar-refractivity contribution in [2.24, 2.45) is 0 Å². The summed E-state index contributed by atoms with van der Waals surface area (Å²) in [7, 11) is 0. The van der Waals surface area contributed by atoms with Gasteiger partial charge in [-0.15, -0.1) is 0 Å². The highest BCUT2D eigenvalue weighted by atomic mass is 35.5. The van der Waals surface area contributed by atoms with E-state index in [-0.39, 0.29) is 10.6 Å². The van der Waals surface area contributed by atoms with Crippen molar-refractivity contribution in [2.45, 2.75) is 19.4 Å². The molecule has 170 valence electrons. The second kappa shape index (κ2) is 9.97. The minimum atomic E-state index is -1.18. The highest BCUT2D eigenvalue weighted by molar-refractivity contribution is 6.32. The maximum atomic E-state index is 11.3. The third-order valence-electron chi connectivity index (χ3n) is 4.89. The molecule has 0 saturated heterocycles. The summed E-state index contributed by atoms with van der Waals surface area (Å²) in [5.74, 6) is 1.01. The number of rotatable bonds is 7. The standard InChI is InChI=1S/C23H17ClN6O4/c24-19-12-21(26-20-10-11-29(28-20)14-22(31)30(32)33)27-23(18(19)13-25)15-6-8-17(9-7-15)34-16-4-2-1-3-5-16/h1-6,8,10-12H,7,9,14H2,(H,26,27,28). The van der Waals surface area contributed by atoms with Crippen molar-refractivity contribution in [2.75, 3.05) is 5.32 Å². The van der Waals surface area contributed by atoms with E-state index in [1.165, 1.54) is 18.3 Å². The molecule has 0 spiro atoms. The van der Waals surface area contributed by atoms with Crippen molar-refractivity contribution in [3.05, 3.63) is 93.0 Å². The Bertz CT molecular complexity index is 1360. The van der Waals surface area contributed by atoms with Gasteiger partial charge in [0.05, 0.1) is 16.3 Å². The predicted octanol–water partition coefficient (Wildman–Crippen LogP) is 4.49. The number of pyridine rings is 1. The van der Waals surface area contributed by atoms with Crippen LogP contribution in [0.1, 0.15) is 24.1 Å². The van der Waals surface area contributed by atoms with Crippen molar-refractivity contribution >= 4 is 34.7 Å². The number of nitrogens with one attached hydrogen (secondary N) is 1. The number of para-hydroxylation sites is 1. The van der Waals surface area contributed by atoms with Crippen LogP contribution in [-0.2, 0) is 11.3 Å². The monoisotopic (exact) mass is 476 g/mol. The maximum Gasteiger partial charge on any atom is 0.465 e. The summed E-state index contributed by atoms with van der Waals surface area (Å²) in [5, 5.41) is 27.4. The number of aromatic nitrogens is 3. The number of nitrogens with zero attached hydrogens (tertiary/aromatic N) is 5. The van der Waals surface area contributed by atoms with Crippen LogP contribution in [0.25, 0.3) is 5.57 Å². The average Bonchev–Trinajstić information content (AvgIpc) is 3.26. The van der Waals surface area contributed by atoms with E-state index in [1.54, 1.807) is 0 Å². The van der Waals surface area contributed by atoms with Crippen molar-refractivity contribution < 1.29 is 14.5 Å². The molecule has 0 saturated carbocycles. The molecule has 0 unspecified atom stereocenters. The average molecular weight is 477 g/mol. The molecular formula is C23H17ClN6O4. The Kier molecular flexibility index (Phi) is 6.66. The Morgan fingerprint density at radius 3 is 2.71 bits per heavy atom. The number of carbonyl (C=O) groups is 1. The van der Waals surface area contributed by atoms with Crippen LogP contribution in [0.5, 0.6) is 5.75 Å². The minimum absolute atomic E-state index is 0.217. The lowest BCUT2D eigenvalue weighted by atomic mass is 9.97. The van der Waals surface area contributed by atoms with Gasteiger partial charge in [-0.05, 0) is 30.2 Å². The largest absolute Gasteiger partial charge is 0.465 e. The number of anilines is 2. The van der Waals surface area contributed by atoms with Gasteiger partial charge in [0.25, 0.3) is 0 Å². The lowest BCUT2D eigenvalue weighted by Crippen LogP contribution is -2.18. The number of hydrogen-bond acceptors (Lipinski definition) is 8. The molecule has 1 N–H and O–H groups in total. The van der Waals surface area contributed by atoms with Gasteiger partial charge in [-0.1, -0.05) is 35.9 Å². The van der Waals surface area contributed by atoms with Gasteiger partial charge < -0.3 is 10.1 Å². The van der Waals surface area contributed by atoms with Gasteiger partial charge in [0, 0.05) is 24.8 Å². The molecule has 34 heavy (non-hydrogen) atoms. The molecule has 4 rings (SSSR count). The summed E-state index contributed by atoms with van der Waals surface area (Å²) in [5.41, 5.74) is 1.52. The zero-order valence-electron chi connectivity index (χ0n) is 17.6. The second-order valence-electron chi connectivity index (χ2n) is 7.24. The molecule has 2 heterocycles. The van der Waals surface area contributed by atoms with Gasteiger partial charge in [-0.25, -0.2) is 9.78 Å². The Morgan fingerprint density at radius 1 is 1.24 bits per heavy atom. The first-order chi connectivity index (χ1) is 16.4. The molecule has 1 aliphatic rings. The van der Waals surface area contributed by atoms with Crippen LogP contribution < -0.4 is 10.1 Å². The number of carbonyl (C=O) groups excluding carboxylic acids is 1. The molecule has 1 aliphatic carbocycles. The minimum Gasteiger partial charge on any atom is -0.462 e. The van der Waals surface area contributed by atoms with Crippen LogP contribution in [0, 0.1) is 21.4 Å². The number of ether oxygens (including phenoxy) is 1. The van der Waals surface area contributed by atoms with Gasteiger partial charge in [0.1, 0.15) is 28.3 Å². The topological polar surface area (TPSA) is 136 Å². The van der Waals surface area contributed by atoms with Gasteiger partial charge in [0.15, 0.2) is 12.4 Å². The summed E-state index contributed by atoms with van der Waals surface area (Å²) in [6.45, 7) is -0.492. The van der Waals surface area contributed by atoms with Crippen molar-refractivity contribution in [1.82, 2.24) is 14.8 Å². The lowest BCUT2D eigenvalue weighted by Gasteiger charge is -2.17. The maximum absolute atomic E-state index is 11.3. The normalized spacial score (nSPS) is 12.8. The number of allylic oxidation sites excluding steroid dienone is 4. The quantitative estimate of drug-likeness (QED) is 0.389. The number of nitriles is 1. The fourth-order valence-electron chi connectivity index (χ4n) is 3.30. The molecule has 0 radical (unpaired) electrons. The summed E-state index contributed by atoms with van der Waals surface area (Å²) < 4.78 is 7.02. The Morgan fingerprint density at radius 2 is 2.03 bits per heavy atom. The number of nitro groups is 1. The Hall–Kier alpha value is -4.49. The summed E-state index contributed by atoms with van der Waals surface area (Å²) in [6, 6.07) is 14.6. The van der Waals surface area contributed by atoms with E-state index in [4.69, 9.17) is 16.3 Å². The summed E-state index contributed by atoms with van der Waals surface area (Å²) >= 11 is 6.35. The number of benzene rings is 1. The smallest absolute Gasteiger partial charge is 0.462 e. The van der Waals surface area contributed by atoms with Crippen LogP contribution in [0.3, 0.4) is 0 Å². The Labute approximate surface area is 198 Å². The molecule has 1 aromatic carbocycles. The third-order valence-corrected chi connectivity index (χ3v) is 5.19. The van der Waals surface area contributed by atoms with Crippen LogP contribution in [0.4, 0.5) is 11.6 Å². The number of hydrogen-bond donors (Lipinski definition) is 1. The zero-order valence-corrected chi connectivity index (χ0v) is 18.4. The van der Waals surface area contributed by atoms with Gasteiger partial charge in [-0.3, -0.25) is 14.8 Å². The van der Waals surface area contributed by atoms with Gasteiger partial charge in [-0.2, -0.15) is 10.4 Å². The summed E-state index contributed by atoms with van der Waals surface area (Å²) in [4.78, 5) is 25.4. The van der Waals surface area contributed by atoms with Gasteiger partial charge in [0.2, 0.25) is 0 Å². The van der Waals surface area contributed by atoms with Crippen molar-refractivity contribution in [1.29, 1.82) is 5.26 Å². The van der Waals surface area contributed by atoms with Crippen LogP contribution in [0.2, 0.25) is 5.02 Å². The van der Waals surface area contributed by atoms with E-state index >= 15 is 0 Å². The fourth-order valence-corrected chi connectivity index (χ4v) is 3.54. The first-order valence-corrected chi connectivity index (χ1v) is 10.5. The first-order valence-electron chi connectivity index (χ1n) is 10.1. The molecule has 1 amide bonds. The van der Waals surface area contributed by atoms with Crippen LogP contribution >= 0.6 is 11.6 Å². The Balaban J connectivity index is 1.55. The predicted molar refractivity (Wildman–Crippen MR) is 124 cm³/mol. The van der Waals surface area contributed by atoms with E-state index in [2.05, 4.69) is 21.5 Å². The fraction of sp³-hybridized carbons (Fsp3) is 0.130. The van der Waals surface area contributed by atoms with E-state index in [0.717, 1.165) is 21.8 Å². The van der Waals surface area contributed by atoms with Crippen LogP contribution in [0.15, 0.2) is 66.6 Å².